The van der Waals surface area contributed by atoms with Crippen LogP contribution in [0.2, 0.25) is 0 Å². The third kappa shape index (κ3) is 4.84. The van der Waals surface area contributed by atoms with Crippen LogP contribution in [0.25, 0.3) is 0 Å². The zero-order valence-corrected chi connectivity index (χ0v) is 24.9. The number of carbonyl (C=O) groups excluding carboxylic acids is 1. The number of anilines is 2. The van der Waals surface area contributed by atoms with E-state index in [4.69, 9.17) is 4.74 Å². The van der Waals surface area contributed by atoms with Gasteiger partial charge in [-0.2, -0.15) is 0 Å². The molecule has 0 radical (unpaired) electrons. The van der Waals surface area contributed by atoms with E-state index < -0.39 is 5.60 Å². The van der Waals surface area contributed by atoms with Gasteiger partial charge in [0.05, 0.1) is 12.2 Å². The molecule has 1 aliphatic heterocycles. The number of nitrogens with one attached hydrogen (secondary N) is 1. The second-order valence-corrected chi connectivity index (χ2v) is 14.3. The maximum Gasteiger partial charge on any atom is 0.227 e. The van der Waals surface area contributed by atoms with Crippen LogP contribution in [-0.4, -0.2) is 42.4 Å². The van der Waals surface area contributed by atoms with Gasteiger partial charge < -0.3 is 20.1 Å². The van der Waals surface area contributed by atoms with E-state index in [-0.39, 0.29) is 5.91 Å². The summed E-state index contributed by atoms with van der Waals surface area (Å²) in [5, 5.41) is 15.2. The Morgan fingerprint density at radius 3 is 2.69 bits per heavy atom. The molecule has 6 rings (SSSR count). The first kappa shape index (κ1) is 27.6. The van der Waals surface area contributed by atoms with E-state index in [1.807, 2.05) is 11.8 Å². The van der Waals surface area contributed by atoms with Gasteiger partial charge in [0.2, 0.25) is 5.91 Å². The Hall–Kier alpha value is -1.59. The normalized spacial score (nSPS) is 40.6. The van der Waals surface area contributed by atoms with Gasteiger partial charge in [0.1, 0.15) is 0 Å². The number of rotatable bonds is 7. The van der Waals surface area contributed by atoms with Gasteiger partial charge in [-0.1, -0.05) is 13.0 Å². The molecule has 5 nitrogen and oxygen atoms in total. The fraction of sp³-hybridized carbons (Fsp3) is 0.794. The fourth-order valence-corrected chi connectivity index (χ4v) is 10.6. The SMILES string of the molecule is CCOC[C@@]1(O)CC[C@H]2[C@H](CC[C@@H]3[C@@H]2CC[C@]2(C)C([C@@H](C)Nc4cccc(N5CCCC5=O)c4C)CC[C@@H]32)C1. The summed E-state index contributed by atoms with van der Waals surface area (Å²) in [5.74, 6) is 5.00. The lowest BCUT2D eigenvalue weighted by atomic mass is 9.48. The van der Waals surface area contributed by atoms with E-state index in [1.165, 1.54) is 56.2 Å². The van der Waals surface area contributed by atoms with Crippen molar-refractivity contribution in [2.45, 2.75) is 110 Å². The molecule has 0 spiro atoms. The van der Waals surface area contributed by atoms with Crippen LogP contribution in [0.15, 0.2) is 18.2 Å². The third-order valence-electron chi connectivity index (χ3n) is 12.4. The van der Waals surface area contributed by atoms with Crippen LogP contribution in [0.5, 0.6) is 0 Å². The monoisotopic (exact) mass is 536 g/mol. The second kappa shape index (κ2) is 10.7. The molecule has 1 heterocycles. The molecule has 1 unspecified atom stereocenters. The Balaban J connectivity index is 1.13. The Kier molecular flexibility index (Phi) is 7.54. The highest BCUT2D eigenvalue weighted by Crippen LogP contribution is 2.65. The van der Waals surface area contributed by atoms with Gasteiger partial charge in [-0.25, -0.2) is 0 Å². The minimum Gasteiger partial charge on any atom is -0.387 e. The topological polar surface area (TPSA) is 61.8 Å². The minimum atomic E-state index is -0.593. The summed E-state index contributed by atoms with van der Waals surface area (Å²) in [6, 6.07) is 6.85. The maximum absolute atomic E-state index is 12.4. The molecular formula is C34H52N2O3. The van der Waals surface area contributed by atoms with Gasteiger partial charge in [0.25, 0.3) is 0 Å². The van der Waals surface area contributed by atoms with Crippen molar-refractivity contribution in [2.75, 3.05) is 30.0 Å². The fourth-order valence-electron chi connectivity index (χ4n) is 10.6. The predicted molar refractivity (Wildman–Crippen MR) is 158 cm³/mol. The van der Waals surface area contributed by atoms with E-state index in [1.54, 1.807) is 0 Å². The molecule has 5 heteroatoms. The summed E-state index contributed by atoms with van der Waals surface area (Å²) in [6.45, 7) is 11.3. The van der Waals surface area contributed by atoms with E-state index in [0.717, 1.165) is 55.2 Å². The zero-order chi connectivity index (χ0) is 27.4. The minimum absolute atomic E-state index is 0.262. The molecule has 1 aromatic rings. The van der Waals surface area contributed by atoms with Crippen molar-refractivity contribution in [2.24, 2.45) is 40.9 Å². The number of benzene rings is 1. The molecule has 0 bridgehead atoms. The first-order chi connectivity index (χ1) is 18.7. The number of nitrogens with zero attached hydrogens (tertiary/aromatic N) is 1. The summed E-state index contributed by atoms with van der Waals surface area (Å²) >= 11 is 0. The van der Waals surface area contributed by atoms with Crippen molar-refractivity contribution in [3.05, 3.63) is 23.8 Å². The second-order valence-electron chi connectivity index (χ2n) is 14.3. The summed E-state index contributed by atoms with van der Waals surface area (Å²) < 4.78 is 5.68. The molecule has 1 amide bonds. The predicted octanol–water partition coefficient (Wildman–Crippen LogP) is 6.96. The number of ether oxygens (including phenoxy) is 1. The molecule has 4 saturated carbocycles. The lowest BCUT2D eigenvalue weighted by Gasteiger charge is -2.57. The van der Waals surface area contributed by atoms with Gasteiger partial charge in [0.15, 0.2) is 0 Å². The zero-order valence-electron chi connectivity index (χ0n) is 24.9. The summed E-state index contributed by atoms with van der Waals surface area (Å²) in [6.07, 6.45) is 12.8. The lowest BCUT2D eigenvalue weighted by Crippen LogP contribution is -2.52. The Bertz CT molecular complexity index is 1060. The van der Waals surface area contributed by atoms with Crippen LogP contribution in [0, 0.1) is 47.8 Å². The van der Waals surface area contributed by atoms with Gasteiger partial charge in [-0.05, 0) is 144 Å². The smallest absolute Gasteiger partial charge is 0.227 e. The molecule has 39 heavy (non-hydrogen) atoms. The van der Waals surface area contributed by atoms with Crippen LogP contribution in [0.4, 0.5) is 11.4 Å². The van der Waals surface area contributed by atoms with Gasteiger partial charge in [0, 0.05) is 37.0 Å². The Morgan fingerprint density at radius 2 is 1.92 bits per heavy atom. The molecule has 5 aliphatic rings. The largest absolute Gasteiger partial charge is 0.387 e. The molecule has 2 N–H and O–H groups in total. The quantitative estimate of drug-likeness (QED) is 0.395. The van der Waals surface area contributed by atoms with E-state index in [0.29, 0.717) is 42.9 Å². The summed E-state index contributed by atoms with van der Waals surface area (Å²) in [7, 11) is 0. The number of aliphatic hydroxyl groups is 1. The van der Waals surface area contributed by atoms with Crippen LogP contribution < -0.4 is 10.2 Å². The van der Waals surface area contributed by atoms with E-state index in [2.05, 4.69) is 44.3 Å². The first-order valence-corrected chi connectivity index (χ1v) is 16.2. The molecule has 0 aromatic heterocycles. The average Bonchev–Trinajstić information content (AvgIpc) is 3.51. The number of fused-ring (bicyclic) bond motifs is 5. The molecular weight excluding hydrogens is 484 g/mol. The average molecular weight is 537 g/mol. The highest BCUT2D eigenvalue weighted by atomic mass is 16.5. The highest BCUT2D eigenvalue weighted by Gasteiger charge is 2.58. The Labute approximate surface area is 236 Å². The van der Waals surface area contributed by atoms with Gasteiger partial charge >= 0.3 is 0 Å². The molecule has 9 atom stereocenters. The molecule has 216 valence electrons. The maximum atomic E-state index is 12.4. The third-order valence-corrected chi connectivity index (χ3v) is 12.4. The van der Waals surface area contributed by atoms with E-state index in [9.17, 15) is 9.90 Å². The van der Waals surface area contributed by atoms with Crippen molar-refractivity contribution < 1.29 is 14.6 Å². The van der Waals surface area contributed by atoms with Crippen molar-refractivity contribution in [3.8, 4) is 0 Å². The van der Waals surface area contributed by atoms with Gasteiger partial charge in [-0.15, -0.1) is 0 Å². The van der Waals surface area contributed by atoms with Crippen molar-refractivity contribution in [1.82, 2.24) is 0 Å². The molecule has 1 saturated heterocycles. The number of amides is 1. The van der Waals surface area contributed by atoms with Gasteiger partial charge in [-0.3, -0.25) is 4.79 Å². The van der Waals surface area contributed by atoms with Crippen LogP contribution in [0.1, 0.15) is 97.0 Å². The summed E-state index contributed by atoms with van der Waals surface area (Å²) in [4.78, 5) is 14.4. The summed E-state index contributed by atoms with van der Waals surface area (Å²) in [5.41, 5.74) is 3.31. The number of hydrogen-bond acceptors (Lipinski definition) is 4. The first-order valence-electron chi connectivity index (χ1n) is 16.2. The van der Waals surface area contributed by atoms with Crippen LogP contribution >= 0.6 is 0 Å². The van der Waals surface area contributed by atoms with E-state index >= 15 is 0 Å². The number of hydrogen-bond donors (Lipinski definition) is 2. The van der Waals surface area contributed by atoms with Crippen LogP contribution in [0.3, 0.4) is 0 Å². The highest BCUT2D eigenvalue weighted by molar-refractivity contribution is 5.96. The molecule has 4 aliphatic carbocycles. The van der Waals surface area contributed by atoms with Crippen molar-refractivity contribution >= 4 is 17.3 Å². The molecule has 5 fully saturated rings. The Morgan fingerprint density at radius 1 is 1.10 bits per heavy atom. The van der Waals surface area contributed by atoms with Crippen molar-refractivity contribution in [3.63, 3.8) is 0 Å². The molecule has 1 aromatic carbocycles. The lowest BCUT2D eigenvalue weighted by molar-refractivity contribution is -0.128. The van der Waals surface area contributed by atoms with Crippen molar-refractivity contribution in [1.29, 1.82) is 0 Å². The van der Waals surface area contributed by atoms with Crippen LogP contribution in [-0.2, 0) is 9.53 Å². The number of carbonyl (C=O) groups is 1. The standard InChI is InChI=1S/C34H52N2O3/c1-5-39-21-34(38)18-16-25-24(20-34)11-12-27-26(25)15-17-33(4)28(13-14-29(27)33)23(3)35-30-8-6-9-31(22(30)2)36-19-7-10-32(36)37/h6,8-9,23-29,35,38H,5,7,10-21H2,1-4H3/t23-,24-,25+,26-,27-,28?,29+,33-,34-/m1/s1.